The van der Waals surface area contributed by atoms with Gasteiger partial charge < -0.3 is 14.7 Å². The van der Waals surface area contributed by atoms with Gasteiger partial charge in [0.25, 0.3) is 5.91 Å². The Hall–Kier alpha value is -2.04. The number of amides is 1. The number of carbonyl (C=O) groups excluding carboxylic acids is 1. The second-order valence-corrected chi connectivity index (χ2v) is 5.05. The highest BCUT2D eigenvalue weighted by Crippen LogP contribution is 2.40. The quantitative estimate of drug-likeness (QED) is 0.915. The van der Waals surface area contributed by atoms with E-state index in [-0.39, 0.29) is 24.5 Å². The molecule has 5 heteroatoms. The van der Waals surface area contributed by atoms with Gasteiger partial charge in [-0.05, 0) is 19.9 Å². The Labute approximate surface area is 118 Å². The molecule has 1 amide bonds. The number of nitrogens with zero attached hydrogens (tertiary/aromatic N) is 1. The molecule has 5 nitrogen and oxygen atoms in total. The summed E-state index contributed by atoms with van der Waals surface area (Å²) in [5.74, 6) is -0.489. The molecule has 2 rings (SSSR count). The van der Waals surface area contributed by atoms with Crippen LogP contribution in [-0.4, -0.2) is 41.1 Å². The minimum absolute atomic E-state index is 0.0218. The van der Waals surface area contributed by atoms with Crippen molar-refractivity contribution in [1.29, 1.82) is 0 Å². The fourth-order valence-electron chi connectivity index (χ4n) is 2.42. The molecule has 2 unspecified atom stereocenters. The third-order valence-electron chi connectivity index (χ3n) is 3.77. The van der Waals surface area contributed by atoms with Crippen LogP contribution in [0.5, 0.6) is 5.75 Å². The van der Waals surface area contributed by atoms with Crippen LogP contribution in [-0.2, 0) is 4.79 Å². The SMILES string of the molecule is CCN(CC(=O)O)C(=O)c1cccc2c1OC(C)C2C. The number of para-hydroxylation sites is 1. The van der Waals surface area contributed by atoms with Crippen LogP contribution in [0.25, 0.3) is 0 Å². The van der Waals surface area contributed by atoms with Gasteiger partial charge in [0, 0.05) is 18.0 Å². The van der Waals surface area contributed by atoms with Gasteiger partial charge in [0.15, 0.2) is 0 Å². The van der Waals surface area contributed by atoms with E-state index in [1.54, 1.807) is 13.0 Å². The molecule has 1 aliphatic heterocycles. The molecule has 0 saturated heterocycles. The zero-order valence-corrected chi connectivity index (χ0v) is 11.9. The van der Waals surface area contributed by atoms with Gasteiger partial charge in [0.2, 0.25) is 0 Å². The molecule has 1 N–H and O–H groups in total. The number of carboxylic acids is 1. The molecule has 0 aliphatic carbocycles. The number of likely N-dealkylation sites (N-methyl/N-ethyl adjacent to an activating group) is 1. The van der Waals surface area contributed by atoms with Crippen molar-refractivity contribution >= 4 is 11.9 Å². The molecule has 0 spiro atoms. The summed E-state index contributed by atoms with van der Waals surface area (Å²) in [6.07, 6.45) is 0.0218. The van der Waals surface area contributed by atoms with E-state index < -0.39 is 5.97 Å². The third kappa shape index (κ3) is 2.48. The van der Waals surface area contributed by atoms with Crippen LogP contribution in [0.2, 0.25) is 0 Å². The fraction of sp³-hybridized carbons (Fsp3) is 0.467. The molecule has 1 aliphatic rings. The van der Waals surface area contributed by atoms with Gasteiger partial charge in [0.1, 0.15) is 18.4 Å². The number of hydrogen-bond donors (Lipinski definition) is 1. The molecule has 0 bridgehead atoms. The molecular weight excluding hydrogens is 258 g/mol. The maximum Gasteiger partial charge on any atom is 0.323 e. The molecule has 0 radical (unpaired) electrons. The number of carbonyl (C=O) groups is 2. The van der Waals surface area contributed by atoms with Gasteiger partial charge in [-0.3, -0.25) is 9.59 Å². The first-order chi connectivity index (χ1) is 9.45. The zero-order chi connectivity index (χ0) is 14.9. The highest BCUT2D eigenvalue weighted by molar-refractivity contribution is 5.99. The van der Waals surface area contributed by atoms with Crippen molar-refractivity contribution in [2.75, 3.05) is 13.1 Å². The van der Waals surface area contributed by atoms with Gasteiger partial charge in [-0.15, -0.1) is 0 Å². The Morgan fingerprint density at radius 3 is 2.65 bits per heavy atom. The lowest BCUT2D eigenvalue weighted by Crippen LogP contribution is -2.35. The molecule has 1 heterocycles. The summed E-state index contributed by atoms with van der Waals surface area (Å²) in [5.41, 5.74) is 1.46. The van der Waals surface area contributed by atoms with Gasteiger partial charge in [-0.1, -0.05) is 19.1 Å². The predicted octanol–water partition coefficient (Wildman–Crippen LogP) is 2.12. The lowest BCUT2D eigenvalue weighted by atomic mass is 9.96. The molecule has 1 aromatic carbocycles. The average Bonchev–Trinajstić information content (AvgIpc) is 2.71. The molecule has 2 atom stereocenters. The van der Waals surface area contributed by atoms with E-state index in [4.69, 9.17) is 9.84 Å². The number of carboxylic acid groups (broad SMARTS) is 1. The average molecular weight is 277 g/mol. The van der Waals surface area contributed by atoms with Crippen LogP contribution in [0.4, 0.5) is 0 Å². The monoisotopic (exact) mass is 277 g/mol. The number of benzene rings is 1. The maximum absolute atomic E-state index is 12.5. The van der Waals surface area contributed by atoms with E-state index in [9.17, 15) is 9.59 Å². The minimum atomic E-state index is -1.02. The first-order valence-electron chi connectivity index (χ1n) is 6.76. The number of hydrogen-bond acceptors (Lipinski definition) is 3. The van der Waals surface area contributed by atoms with Crippen molar-refractivity contribution in [2.45, 2.75) is 32.8 Å². The van der Waals surface area contributed by atoms with Crippen LogP contribution in [0.3, 0.4) is 0 Å². The van der Waals surface area contributed by atoms with E-state index in [1.165, 1.54) is 4.90 Å². The molecule has 1 aromatic rings. The standard InChI is InChI=1S/C15H19NO4/c1-4-16(8-13(17)18)15(19)12-7-5-6-11-9(2)10(3)20-14(11)12/h5-7,9-10H,4,8H2,1-3H3,(H,17,18). The van der Waals surface area contributed by atoms with Gasteiger partial charge >= 0.3 is 5.97 Å². The number of aliphatic carboxylic acids is 1. The Kier molecular flexibility index (Phi) is 3.97. The second kappa shape index (κ2) is 5.53. The van der Waals surface area contributed by atoms with Gasteiger partial charge in [0.05, 0.1) is 5.56 Å². The molecular formula is C15H19NO4. The summed E-state index contributed by atoms with van der Waals surface area (Å²) in [5, 5.41) is 8.86. The third-order valence-corrected chi connectivity index (χ3v) is 3.77. The van der Waals surface area contributed by atoms with Crippen molar-refractivity contribution in [1.82, 2.24) is 4.90 Å². The summed E-state index contributed by atoms with van der Waals surface area (Å²) in [6, 6.07) is 5.46. The predicted molar refractivity (Wildman–Crippen MR) is 74.2 cm³/mol. The summed E-state index contributed by atoms with van der Waals surface area (Å²) in [6.45, 7) is 5.83. The van der Waals surface area contributed by atoms with Gasteiger partial charge in [-0.25, -0.2) is 0 Å². The number of ether oxygens (including phenoxy) is 1. The summed E-state index contributed by atoms with van der Waals surface area (Å²) >= 11 is 0. The van der Waals surface area contributed by atoms with E-state index in [1.807, 2.05) is 19.1 Å². The van der Waals surface area contributed by atoms with Crippen LogP contribution in [0.15, 0.2) is 18.2 Å². The van der Waals surface area contributed by atoms with Crippen LogP contribution in [0, 0.1) is 0 Å². The Bertz CT molecular complexity index is 541. The Balaban J connectivity index is 2.35. The first kappa shape index (κ1) is 14.4. The van der Waals surface area contributed by atoms with Crippen LogP contribution >= 0.6 is 0 Å². The molecule has 0 fully saturated rings. The van der Waals surface area contributed by atoms with Crippen LogP contribution in [0.1, 0.15) is 42.6 Å². The first-order valence-corrected chi connectivity index (χ1v) is 6.76. The largest absolute Gasteiger partial charge is 0.489 e. The molecule has 0 aromatic heterocycles. The highest BCUT2D eigenvalue weighted by Gasteiger charge is 2.32. The number of rotatable bonds is 4. The van der Waals surface area contributed by atoms with Crippen molar-refractivity contribution in [3.8, 4) is 5.75 Å². The maximum atomic E-state index is 12.5. The molecule has 20 heavy (non-hydrogen) atoms. The van der Waals surface area contributed by atoms with Crippen LogP contribution < -0.4 is 4.74 Å². The Morgan fingerprint density at radius 1 is 1.35 bits per heavy atom. The zero-order valence-electron chi connectivity index (χ0n) is 11.9. The second-order valence-electron chi connectivity index (χ2n) is 5.05. The van der Waals surface area contributed by atoms with Crippen molar-refractivity contribution in [2.24, 2.45) is 0 Å². The Morgan fingerprint density at radius 2 is 2.05 bits per heavy atom. The summed E-state index contributed by atoms with van der Waals surface area (Å²) in [7, 11) is 0. The van der Waals surface area contributed by atoms with Crippen molar-refractivity contribution in [3.63, 3.8) is 0 Å². The summed E-state index contributed by atoms with van der Waals surface area (Å²) in [4.78, 5) is 24.6. The van der Waals surface area contributed by atoms with Gasteiger partial charge in [-0.2, -0.15) is 0 Å². The van der Waals surface area contributed by atoms with Crippen molar-refractivity contribution < 1.29 is 19.4 Å². The lowest BCUT2D eigenvalue weighted by Gasteiger charge is -2.19. The topological polar surface area (TPSA) is 66.8 Å². The summed E-state index contributed by atoms with van der Waals surface area (Å²) < 4.78 is 5.78. The van der Waals surface area contributed by atoms with E-state index in [0.717, 1.165) is 5.56 Å². The highest BCUT2D eigenvalue weighted by atomic mass is 16.5. The van der Waals surface area contributed by atoms with Crippen molar-refractivity contribution in [3.05, 3.63) is 29.3 Å². The normalized spacial score (nSPS) is 20.1. The minimum Gasteiger partial charge on any atom is -0.489 e. The molecule has 108 valence electrons. The van der Waals surface area contributed by atoms with E-state index in [2.05, 4.69) is 6.92 Å². The smallest absolute Gasteiger partial charge is 0.323 e. The van der Waals surface area contributed by atoms with E-state index in [0.29, 0.717) is 17.9 Å². The lowest BCUT2D eigenvalue weighted by molar-refractivity contribution is -0.137. The number of fused-ring (bicyclic) bond motifs is 1. The molecule has 0 saturated carbocycles. The van der Waals surface area contributed by atoms with E-state index >= 15 is 0 Å². The fourth-order valence-corrected chi connectivity index (χ4v) is 2.42.